The van der Waals surface area contributed by atoms with Crippen LogP contribution in [0.25, 0.3) is 0 Å². The molecule has 5 nitrogen and oxygen atoms in total. The fraction of sp³-hybridized carbons (Fsp3) is 0.240. The van der Waals surface area contributed by atoms with E-state index in [1.54, 1.807) is 42.5 Å². The number of carbonyl (C=O) groups is 1. The molecule has 0 aliphatic rings. The summed E-state index contributed by atoms with van der Waals surface area (Å²) in [7, 11) is -4.09. The average Bonchev–Trinajstić information content (AvgIpc) is 2.80. The van der Waals surface area contributed by atoms with Gasteiger partial charge in [0.1, 0.15) is 5.75 Å². The maximum Gasteiger partial charge on any atom is 0.278 e. The van der Waals surface area contributed by atoms with E-state index in [0.717, 1.165) is 29.1 Å². The largest absolute Gasteiger partial charge is 0.484 e. The first kappa shape index (κ1) is 22.6. The summed E-state index contributed by atoms with van der Waals surface area (Å²) in [6, 6.07) is 22.4. The molecule has 31 heavy (non-hydrogen) atoms. The highest BCUT2D eigenvalue weighted by molar-refractivity contribution is 7.93. The normalized spacial score (nSPS) is 11.2. The van der Waals surface area contributed by atoms with Gasteiger partial charge < -0.3 is 4.74 Å². The minimum Gasteiger partial charge on any atom is -0.484 e. The fourth-order valence-corrected chi connectivity index (χ4v) is 4.66. The smallest absolute Gasteiger partial charge is 0.278 e. The van der Waals surface area contributed by atoms with Gasteiger partial charge in [-0.3, -0.25) is 4.79 Å². The predicted octanol–water partition coefficient (Wildman–Crippen LogP) is 5.00. The second-order valence-corrected chi connectivity index (χ2v) is 8.97. The quantitative estimate of drug-likeness (QED) is 0.472. The summed E-state index contributed by atoms with van der Waals surface area (Å²) in [4.78, 5) is 13.1. The van der Waals surface area contributed by atoms with Crippen molar-refractivity contribution >= 4 is 21.6 Å². The molecule has 0 aliphatic heterocycles. The third-order valence-corrected chi connectivity index (χ3v) is 6.67. The molecule has 0 saturated heterocycles. The molecule has 0 fully saturated rings. The zero-order chi connectivity index (χ0) is 22.3. The van der Waals surface area contributed by atoms with Gasteiger partial charge >= 0.3 is 0 Å². The summed E-state index contributed by atoms with van der Waals surface area (Å²) in [5.74, 6) is -0.141. The molecule has 0 aromatic heterocycles. The van der Waals surface area contributed by atoms with Crippen molar-refractivity contribution < 1.29 is 17.9 Å². The Labute approximate surface area is 184 Å². The molecule has 0 heterocycles. The Morgan fingerprint density at radius 3 is 2.03 bits per heavy atom. The van der Waals surface area contributed by atoms with Crippen LogP contribution in [0.3, 0.4) is 0 Å². The number of hydrogen-bond donors (Lipinski definition) is 0. The van der Waals surface area contributed by atoms with Gasteiger partial charge in [0, 0.05) is 0 Å². The third-order valence-electron chi connectivity index (χ3n) is 4.91. The molecule has 0 aliphatic carbocycles. The summed E-state index contributed by atoms with van der Waals surface area (Å²) in [6.07, 6.45) is 2.83. The van der Waals surface area contributed by atoms with E-state index in [9.17, 15) is 13.2 Å². The number of benzene rings is 3. The molecule has 0 bridgehead atoms. The number of rotatable bonds is 9. The summed E-state index contributed by atoms with van der Waals surface area (Å²) in [6.45, 7) is 3.73. The Balaban J connectivity index is 1.87. The van der Waals surface area contributed by atoms with Crippen LogP contribution in [0.5, 0.6) is 5.75 Å². The lowest BCUT2D eigenvalue weighted by molar-refractivity contribution is -0.119. The lowest BCUT2D eigenvalue weighted by Gasteiger charge is -2.23. The number of carbonyl (C=O) groups excluding carboxylic acids is 1. The Morgan fingerprint density at radius 1 is 0.839 bits per heavy atom. The number of amides is 1. The van der Waals surface area contributed by atoms with Gasteiger partial charge in [-0.05, 0) is 60.4 Å². The van der Waals surface area contributed by atoms with E-state index in [1.807, 2.05) is 31.2 Å². The molecule has 0 saturated carbocycles. The van der Waals surface area contributed by atoms with Crippen LogP contribution < -0.4 is 9.04 Å². The molecule has 1 amide bonds. The van der Waals surface area contributed by atoms with Crippen LogP contribution in [-0.4, -0.2) is 20.9 Å². The van der Waals surface area contributed by atoms with Crippen molar-refractivity contribution in [3.8, 4) is 5.75 Å². The molecule has 3 aromatic rings. The van der Waals surface area contributed by atoms with Crippen LogP contribution in [0.4, 0.5) is 5.69 Å². The number of anilines is 1. The SMILES string of the molecule is CCCc1ccc(OCC(=O)N(c2ccc(CC)cc2)S(=O)(=O)c2ccccc2)cc1. The Morgan fingerprint density at radius 2 is 1.45 bits per heavy atom. The van der Waals surface area contributed by atoms with Crippen LogP contribution in [0.2, 0.25) is 0 Å². The first-order chi connectivity index (χ1) is 15.0. The van der Waals surface area contributed by atoms with Crippen LogP contribution in [-0.2, 0) is 27.7 Å². The van der Waals surface area contributed by atoms with E-state index in [4.69, 9.17) is 4.74 Å². The monoisotopic (exact) mass is 437 g/mol. The number of aryl methyl sites for hydroxylation is 2. The minimum absolute atomic E-state index is 0.0480. The summed E-state index contributed by atoms with van der Waals surface area (Å²) in [5.41, 5.74) is 2.52. The molecule has 162 valence electrons. The molecular formula is C25H27NO4S. The van der Waals surface area contributed by atoms with Crippen molar-refractivity contribution in [2.24, 2.45) is 0 Å². The Bertz CT molecular complexity index is 1090. The average molecular weight is 438 g/mol. The molecular weight excluding hydrogens is 410 g/mol. The number of hydrogen-bond acceptors (Lipinski definition) is 4. The van der Waals surface area contributed by atoms with Gasteiger partial charge in [0.05, 0.1) is 10.6 Å². The van der Waals surface area contributed by atoms with Crippen LogP contribution >= 0.6 is 0 Å². The van der Waals surface area contributed by atoms with E-state index in [0.29, 0.717) is 5.75 Å². The lowest BCUT2D eigenvalue weighted by Crippen LogP contribution is -2.40. The Hall–Kier alpha value is -3.12. The molecule has 3 aromatic carbocycles. The summed E-state index contributed by atoms with van der Waals surface area (Å²) < 4.78 is 33.1. The molecule has 3 rings (SSSR count). The molecule has 0 atom stereocenters. The van der Waals surface area contributed by atoms with E-state index in [-0.39, 0.29) is 10.6 Å². The van der Waals surface area contributed by atoms with Gasteiger partial charge in [0.25, 0.3) is 15.9 Å². The van der Waals surface area contributed by atoms with Crippen molar-refractivity contribution in [1.82, 2.24) is 0 Å². The third kappa shape index (κ3) is 5.52. The number of sulfonamides is 1. The van der Waals surface area contributed by atoms with Crippen molar-refractivity contribution in [2.45, 2.75) is 38.0 Å². The van der Waals surface area contributed by atoms with E-state index >= 15 is 0 Å². The van der Waals surface area contributed by atoms with Gasteiger partial charge in [0.2, 0.25) is 0 Å². The standard InChI is InChI=1S/C25H27NO4S/c1-3-8-21-13-17-23(18-14-21)30-19-25(27)26(22-15-11-20(4-2)12-16-22)31(28,29)24-9-6-5-7-10-24/h5-7,9-18H,3-4,8,19H2,1-2H3. The van der Waals surface area contributed by atoms with Crippen molar-refractivity contribution in [2.75, 3.05) is 10.9 Å². The second-order valence-electron chi connectivity index (χ2n) is 7.18. The second kappa shape index (κ2) is 10.3. The van der Waals surface area contributed by atoms with Crippen LogP contribution in [0.15, 0.2) is 83.8 Å². The first-order valence-corrected chi connectivity index (χ1v) is 11.8. The molecule has 0 N–H and O–H groups in total. The van der Waals surface area contributed by atoms with E-state index in [1.165, 1.54) is 17.7 Å². The van der Waals surface area contributed by atoms with Gasteiger partial charge in [-0.25, -0.2) is 8.42 Å². The van der Waals surface area contributed by atoms with Gasteiger partial charge in [0.15, 0.2) is 6.61 Å². The summed E-state index contributed by atoms with van der Waals surface area (Å²) in [5, 5.41) is 0. The summed E-state index contributed by atoms with van der Waals surface area (Å²) >= 11 is 0. The fourth-order valence-electron chi connectivity index (χ4n) is 3.23. The highest BCUT2D eigenvalue weighted by Gasteiger charge is 2.31. The zero-order valence-corrected chi connectivity index (χ0v) is 18.6. The van der Waals surface area contributed by atoms with Crippen LogP contribution in [0.1, 0.15) is 31.4 Å². The first-order valence-electron chi connectivity index (χ1n) is 10.4. The van der Waals surface area contributed by atoms with E-state index in [2.05, 4.69) is 6.92 Å². The number of ether oxygens (including phenoxy) is 1. The maximum atomic E-state index is 13.3. The van der Waals surface area contributed by atoms with Crippen molar-refractivity contribution in [3.05, 3.63) is 90.0 Å². The predicted molar refractivity (Wildman–Crippen MR) is 123 cm³/mol. The molecule has 0 unspecified atom stereocenters. The highest BCUT2D eigenvalue weighted by atomic mass is 32.2. The van der Waals surface area contributed by atoms with E-state index < -0.39 is 22.5 Å². The van der Waals surface area contributed by atoms with Crippen molar-refractivity contribution in [1.29, 1.82) is 0 Å². The highest BCUT2D eigenvalue weighted by Crippen LogP contribution is 2.25. The maximum absolute atomic E-state index is 13.3. The minimum atomic E-state index is -4.09. The van der Waals surface area contributed by atoms with Crippen LogP contribution in [0, 0.1) is 0 Å². The van der Waals surface area contributed by atoms with Gasteiger partial charge in [-0.1, -0.05) is 62.7 Å². The molecule has 6 heteroatoms. The molecule has 0 spiro atoms. The van der Waals surface area contributed by atoms with Gasteiger partial charge in [-0.15, -0.1) is 0 Å². The number of nitrogens with zero attached hydrogens (tertiary/aromatic N) is 1. The molecule has 0 radical (unpaired) electrons. The zero-order valence-electron chi connectivity index (χ0n) is 17.8. The topological polar surface area (TPSA) is 63.7 Å². The van der Waals surface area contributed by atoms with Gasteiger partial charge in [-0.2, -0.15) is 4.31 Å². The Kier molecular flexibility index (Phi) is 7.47. The van der Waals surface area contributed by atoms with Crippen molar-refractivity contribution in [3.63, 3.8) is 0 Å². The lowest BCUT2D eigenvalue weighted by atomic mass is 10.1.